The van der Waals surface area contributed by atoms with E-state index in [1.165, 1.54) is 6.08 Å². The van der Waals surface area contributed by atoms with Gasteiger partial charge in [0.05, 0.1) is 6.10 Å². The second-order valence-corrected chi connectivity index (χ2v) is 6.50. The normalized spacial score (nSPS) is 10.8. The van der Waals surface area contributed by atoms with Crippen molar-refractivity contribution in [1.29, 1.82) is 0 Å². The van der Waals surface area contributed by atoms with E-state index in [4.69, 9.17) is 9.47 Å². The summed E-state index contributed by atoms with van der Waals surface area (Å²) in [5, 5.41) is 2.84. The van der Waals surface area contributed by atoms with Crippen LogP contribution in [0.3, 0.4) is 0 Å². The zero-order valence-corrected chi connectivity index (χ0v) is 16.0. The van der Waals surface area contributed by atoms with Crippen molar-refractivity contribution in [2.45, 2.75) is 20.0 Å². The van der Waals surface area contributed by atoms with E-state index in [1.807, 2.05) is 80.6 Å². The van der Waals surface area contributed by atoms with E-state index < -0.39 is 0 Å². The molecule has 28 heavy (non-hydrogen) atoms. The molecule has 4 nitrogen and oxygen atoms in total. The molecule has 3 aromatic rings. The van der Waals surface area contributed by atoms with Crippen molar-refractivity contribution in [2.24, 2.45) is 0 Å². The largest absolute Gasteiger partial charge is 0.491 e. The van der Waals surface area contributed by atoms with Crippen LogP contribution in [0.25, 0.3) is 6.08 Å². The summed E-state index contributed by atoms with van der Waals surface area (Å²) in [6.45, 7) is 3.96. The molecule has 0 bridgehead atoms. The molecule has 3 rings (SSSR count). The van der Waals surface area contributed by atoms with Gasteiger partial charge in [-0.25, -0.2) is 0 Å². The van der Waals surface area contributed by atoms with Crippen LogP contribution in [-0.2, 0) is 4.79 Å². The lowest BCUT2D eigenvalue weighted by molar-refractivity contribution is -0.111. The number of carbonyl (C=O) groups excluding carboxylic acids is 1. The Morgan fingerprint density at radius 2 is 1.54 bits per heavy atom. The molecule has 0 fully saturated rings. The average molecular weight is 373 g/mol. The van der Waals surface area contributed by atoms with Gasteiger partial charge in [-0.1, -0.05) is 30.3 Å². The number of ether oxygens (including phenoxy) is 2. The fourth-order valence-electron chi connectivity index (χ4n) is 2.55. The fourth-order valence-corrected chi connectivity index (χ4v) is 2.55. The Labute approximate surface area is 165 Å². The number of hydrogen-bond acceptors (Lipinski definition) is 3. The smallest absolute Gasteiger partial charge is 0.248 e. The molecule has 0 radical (unpaired) electrons. The lowest BCUT2D eigenvalue weighted by Crippen LogP contribution is -2.07. The summed E-state index contributed by atoms with van der Waals surface area (Å²) in [6.07, 6.45) is 3.37. The first-order valence-corrected chi connectivity index (χ1v) is 9.17. The molecule has 3 aromatic carbocycles. The van der Waals surface area contributed by atoms with Crippen LogP contribution in [0.15, 0.2) is 84.9 Å². The van der Waals surface area contributed by atoms with Crippen molar-refractivity contribution in [3.05, 3.63) is 90.5 Å². The van der Waals surface area contributed by atoms with E-state index in [9.17, 15) is 4.79 Å². The number of amides is 1. The van der Waals surface area contributed by atoms with Crippen LogP contribution in [0.5, 0.6) is 17.2 Å². The standard InChI is InChI=1S/C24H23NO3/c1-18(2)27-23-10-6-7-19(17-23)11-16-24(26)25-20-12-14-22(15-13-20)28-21-8-4-3-5-9-21/h3-18H,1-2H3,(H,25,26)/b16-11+. The lowest BCUT2D eigenvalue weighted by atomic mass is 10.2. The van der Waals surface area contributed by atoms with Crippen molar-refractivity contribution in [3.63, 3.8) is 0 Å². The van der Waals surface area contributed by atoms with Gasteiger partial charge < -0.3 is 14.8 Å². The third-order valence-corrected chi connectivity index (χ3v) is 3.76. The molecule has 0 aliphatic rings. The summed E-state index contributed by atoms with van der Waals surface area (Å²) in [5.41, 5.74) is 1.60. The molecule has 0 aromatic heterocycles. The van der Waals surface area contributed by atoms with E-state index in [0.717, 1.165) is 17.1 Å². The number of rotatable bonds is 7. The summed E-state index contributed by atoms with van der Waals surface area (Å²) in [7, 11) is 0. The SMILES string of the molecule is CC(C)Oc1cccc(/C=C/C(=O)Nc2ccc(Oc3ccccc3)cc2)c1. The van der Waals surface area contributed by atoms with Gasteiger partial charge in [0.1, 0.15) is 17.2 Å². The zero-order valence-electron chi connectivity index (χ0n) is 16.0. The number of anilines is 1. The molecule has 0 heterocycles. The number of hydrogen-bond donors (Lipinski definition) is 1. The third kappa shape index (κ3) is 6.02. The first-order valence-electron chi connectivity index (χ1n) is 9.17. The van der Waals surface area contributed by atoms with Gasteiger partial charge in [0.15, 0.2) is 0 Å². The number of para-hydroxylation sites is 1. The number of carbonyl (C=O) groups is 1. The molecule has 0 saturated carbocycles. The summed E-state index contributed by atoms with van der Waals surface area (Å²) in [6, 6.07) is 24.4. The van der Waals surface area contributed by atoms with E-state index in [2.05, 4.69) is 5.32 Å². The van der Waals surface area contributed by atoms with Crippen molar-refractivity contribution < 1.29 is 14.3 Å². The summed E-state index contributed by atoms with van der Waals surface area (Å²) in [4.78, 5) is 12.2. The Kier molecular flexibility index (Phi) is 6.47. The first kappa shape index (κ1) is 19.2. The Balaban J connectivity index is 1.56. The molecule has 0 aliphatic carbocycles. The van der Waals surface area contributed by atoms with Gasteiger partial charge in [0.2, 0.25) is 5.91 Å². The van der Waals surface area contributed by atoms with Gasteiger partial charge in [-0.2, -0.15) is 0 Å². The van der Waals surface area contributed by atoms with Crippen molar-refractivity contribution >= 4 is 17.7 Å². The maximum Gasteiger partial charge on any atom is 0.248 e. The highest BCUT2D eigenvalue weighted by Crippen LogP contribution is 2.22. The highest BCUT2D eigenvalue weighted by atomic mass is 16.5. The van der Waals surface area contributed by atoms with Crippen molar-refractivity contribution in [3.8, 4) is 17.2 Å². The van der Waals surface area contributed by atoms with Gasteiger partial charge in [-0.3, -0.25) is 4.79 Å². The Morgan fingerprint density at radius 1 is 0.857 bits per heavy atom. The van der Waals surface area contributed by atoms with E-state index >= 15 is 0 Å². The Bertz CT molecular complexity index is 932. The molecule has 1 N–H and O–H groups in total. The fraction of sp³-hybridized carbons (Fsp3) is 0.125. The Morgan fingerprint density at radius 3 is 2.25 bits per heavy atom. The Hall–Kier alpha value is -3.53. The molecule has 0 unspecified atom stereocenters. The van der Waals surface area contributed by atoms with E-state index in [0.29, 0.717) is 11.4 Å². The first-order chi connectivity index (χ1) is 13.6. The molecular formula is C24H23NO3. The quantitative estimate of drug-likeness (QED) is 0.523. The zero-order chi connectivity index (χ0) is 19.8. The molecule has 0 saturated heterocycles. The molecular weight excluding hydrogens is 350 g/mol. The summed E-state index contributed by atoms with van der Waals surface area (Å²) >= 11 is 0. The van der Waals surface area contributed by atoms with Crippen LogP contribution in [0.4, 0.5) is 5.69 Å². The molecule has 1 amide bonds. The van der Waals surface area contributed by atoms with Crippen molar-refractivity contribution in [1.82, 2.24) is 0 Å². The predicted octanol–water partition coefficient (Wildman–Crippen LogP) is 5.92. The third-order valence-electron chi connectivity index (χ3n) is 3.76. The van der Waals surface area contributed by atoms with Crippen LogP contribution in [-0.4, -0.2) is 12.0 Å². The second kappa shape index (κ2) is 9.42. The van der Waals surface area contributed by atoms with Gasteiger partial charge in [-0.05, 0) is 74.0 Å². The van der Waals surface area contributed by atoms with Crippen LogP contribution in [0.2, 0.25) is 0 Å². The van der Waals surface area contributed by atoms with Gasteiger partial charge in [0, 0.05) is 11.8 Å². The summed E-state index contributed by atoms with van der Waals surface area (Å²) in [5.74, 6) is 2.06. The highest BCUT2D eigenvalue weighted by molar-refractivity contribution is 6.01. The van der Waals surface area contributed by atoms with Crippen LogP contribution in [0.1, 0.15) is 19.4 Å². The minimum Gasteiger partial charge on any atom is -0.491 e. The summed E-state index contributed by atoms with van der Waals surface area (Å²) < 4.78 is 11.4. The van der Waals surface area contributed by atoms with Crippen molar-refractivity contribution in [2.75, 3.05) is 5.32 Å². The van der Waals surface area contributed by atoms with Crippen LogP contribution < -0.4 is 14.8 Å². The molecule has 0 spiro atoms. The van der Waals surface area contributed by atoms with Gasteiger partial charge in [0.25, 0.3) is 0 Å². The van der Waals surface area contributed by atoms with Crippen LogP contribution >= 0.6 is 0 Å². The second-order valence-electron chi connectivity index (χ2n) is 6.50. The highest BCUT2D eigenvalue weighted by Gasteiger charge is 2.01. The number of benzene rings is 3. The topological polar surface area (TPSA) is 47.6 Å². The lowest BCUT2D eigenvalue weighted by Gasteiger charge is -2.09. The monoisotopic (exact) mass is 373 g/mol. The molecule has 4 heteroatoms. The molecule has 142 valence electrons. The predicted molar refractivity (Wildman–Crippen MR) is 113 cm³/mol. The van der Waals surface area contributed by atoms with Gasteiger partial charge >= 0.3 is 0 Å². The maximum absolute atomic E-state index is 12.2. The van der Waals surface area contributed by atoms with Gasteiger partial charge in [-0.15, -0.1) is 0 Å². The molecule has 0 atom stereocenters. The average Bonchev–Trinajstić information content (AvgIpc) is 2.69. The molecule has 0 aliphatic heterocycles. The van der Waals surface area contributed by atoms with E-state index in [1.54, 1.807) is 18.2 Å². The number of nitrogens with one attached hydrogen (secondary N) is 1. The minimum absolute atomic E-state index is 0.108. The van der Waals surface area contributed by atoms with E-state index in [-0.39, 0.29) is 12.0 Å². The van der Waals surface area contributed by atoms with Crippen LogP contribution in [0, 0.1) is 0 Å². The minimum atomic E-state index is -0.202. The maximum atomic E-state index is 12.2.